The molecule has 3 aromatic heterocycles. The van der Waals surface area contributed by atoms with Gasteiger partial charge in [0.05, 0.1) is 22.3 Å². The molecule has 4 aromatic rings. The zero-order valence-corrected chi connectivity index (χ0v) is 17.0. The molecule has 0 aliphatic rings. The minimum Gasteiger partial charge on any atom is -0.328 e. The van der Waals surface area contributed by atoms with Crippen molar-refractivity contribution in [1.29, 1.82) is 0 Å². The van der Waals surface area contributed by atoms with E-state index in [2.05, 4.69) is 31.8 Å². The van der Waals surface area contributed by atoms with Gasteiger partial charge in [0.2, 0.25) is 0 Å². The highest BCUT2D eigenvalue weighted by atomic mass is 32.2. The van der Waals surface area contributed by atoms with Gasteiger partial charge in [-0.1, -0.05) is 11.8 Å². The van der Waals surface area contributed by atoms with Crippen LogP contribution in [0, 0.1) is 6.92 Å². The van der Waals surface area contributed by atoms with Crippen LogP contribution < -0.4 is 5.32 Å². The van der Waals surface area contributed by atoms with Crippen molar-refractivity contribution in [2.75, 3.05) is 5.32 Å². The Hall–Kier alpha value is -3.26. The van der Waals surface area contributed by atoms with Crippen molar-refractivity contribution in [1.82, 2.24) is 24.5 Å². The van der Waals surface area contributed by atoms with Gasteiger partial charge in [0.25, 0.3) is 5.91 Å². The number of aryl methyl sites for hydroxylation is 2. The Kier molecular flexibility index (Phi) is 5.53. The third-order valence-corrected chi connectivity index (χ3v) is 5.29. The number of thioether (sulfide) groups is 1. The third-order valence-electron chi connectivity index (χ3n) is 4.43. The predicted molar refractivity (Wildman–Crippen MR) is 114 cm³/mol. The molecule has 0 radical (unpaired) electrons. The quantitative estimate of drug-likeness (QED) is 0.385. The number of hydrogen-bond acceptors (Lipinski definition) is 6. The number of carbonyl (C=O) groups is 1. The van der Waals surface area contributed by atoms with Gasteiger partial charge < -0.3 is 9.88 Å². The van der Waals surface area contributed by atoms with E-state index in [0.717, 1.165) is 34.3 Å². The van der Waals surface area contributed by atoms with Gasteiger partial charge in [-0.25, -0.2) is 15.0 Å². The zero-order chi connectivity index (χ0) is 20.2. The van der Waals surface area contributed by atoms with Crippen LogP contribution in [-0.4, -0.2) is 30.4 Å². The average molecular weight is 404 g/mol. The number of amides is 1. The first-order valence-corrected chi connectivity index (χ1v) is 10.3. The van der Waals surface area contributed by atoms with Crippen molar-refractivity contribution in [2.24, 2.45) is 0 Å². The second kappa shape index (κ2) is 8.40. The molecule has 0 spiro atoms. The molecule has 146 valence electrons. The highest BCUT2D eigenvalue weighted by molar-refractivity contribution is 7.98. The summed E-state index contributed by atoms with van der Waals surface area (Å²) in [6, 6.07) is 11.1. The fourth-order valence-electron chi connectivity index (χ4n) is 3.05. The maximum atomic E-state index is 12.4. The number of aromatic nitrogens is 5. The number of nitrogens with zero attached hydrogens (tertiary/aromatic N) is 5. The van der Waals surface area contributed by atoms with E-state index in [4.69, 9.17) is 4.98 Å². The highest BCUT2D eigenvalue weighted by Crippen LogP contribution is 2.25. The minimum absolute atomic E-state index is 0.195. The second-order valence-corrected chi connectivity index (χ2v) is 7.38. The molecule has 29 heavy (non-hydrogen) atoms. The summed E-state index contributed by atoms with van der Waals surface area (Å²) in [5.74, 6) is 1.43. The molecular weight excluding hydrogens is 384 g/mol. The van der Waals surface area contributed by atoms with E-state index in [1.807, 2.05) is 31.2 Å². The van der Waals surface area contributed by atoms with Crippen molar-refractivity contribution < 1.29 is 4.79 Å². The van der Waals surface area contributed by atoms with E-state index in [1.54, 1.807) is 42.5 Å². The van der Waals surface area contributed by atoms with Crippen molar-refractivity contribution in [3.63, 3.8) is 0 Å². The molecule has 0 saturated heterocycles. The lowest BCUT2D eigenvalue weighted by molar-refractivity contribution is 0.102. The lowest BCUT2D eigenvalue weighted by Crippen LogP contribution is -2.11. The summed E-state index contributed by atoms with van der Waals surface area (Å²) >= 11 is 1.56. The van der Waals surface area contributed by atoms with Crippen LogP contribution in [0.25, 0.3) is 11.0 Å². The largest absolute Gasteiger partial charge is 0.328 e. The first-order chi connectivity index (χ1) is 14.1. The number of anilines is 1. The number of benzene rings is 1. The molecular formula is C21H20N6OS. The topological polar surface area (TPSA) is 85.6 Å². The monoisotopic (exact) mass is 404 g/mol. The molecule has 0 aliphatic heterocycles. The molecule has 4 rings (SSSR count). The molecule has 8 heteroatoms. The third kappa shape index (κ3) is 4.27. The van der Waals surface area contributed by atoms with Crippen LogP contribution in [0.2, 0.25) is 0 Å². The summed E-state index contributed by atoms with van der Waals surface area (Å²) in [4.78, 5) is 29.9. The first-order valence-electron chi connectivity index (χ1n) is 9.27. The van der Waals surface area contributed by atoms with Crippen molar-refractivity contribution in [3.05, 3.63) is 72.1 Å². The maximum Gasteiger partial charge on any atom is 0.257 e. The summed E-state index contributed by atoms with van der Waals surface area (Å²) in [7, 11) is 0. The van der Waals surface area contributed by atoms with Crippen LogP contribution in [0.4, 0.5) is 5.69 Å². The molecule has 1 N–H and O–H groups in total. The number of rotatable bonds is 6. The van der Waals surface area contributed by atoms with Crippen LogP contribution in [0.15, 0.2) is 60.1 Å². The van der Waals surface area contributed by atoms with Gasteiger partial charge in [0.15, 0.2) is 5.16 Å². The normalized spacial score (nSPS) is 11.0. The van der Waals surface area contributed by atoms with Gasteiger partial charge in [-0.05, 0) is 50.2 Å². The lowest BCUT2D eigenvalue weighted by Gasteiger charge is -2.07. The molecule has 7 nitrogen and oxygen atoms in total. The minimum atomic E-state index is -0.195. The van der Waals surface area contributed by atoms with Gasteiger partial charge >= 0.3 is 0 Å². The zero-order valence-electron chi connectivity index (χ0n) is 16.2. The molecule has 0 fully saturated rings. The fourth-order valence-corrected chi connectivity index (χ4v) is 3.87. The number of carbonyl (C=O) groups excluding carboxylic acids is 1. The highest BCUT2D eigenvalue weighted by Gasteiger charge is 2.13. The van der Waals surface area contributed by atoms with E-state index in [0.29, 0.717) is 17.0 Å². The number of imidazole rings is 1. The van der Waals surface area contributed by atoms with Crippen LogP contribution >= 0.6 is 11.8 Å². The Balaban J connectivity index is 1.56. The number of pyridine rings is 1. The van der Waals surface area contributed by atoms with Gasteiger partial charge in [0.1, 0.15) is 5.82 Å². The lowest BCUT2D eigenvalue weighted by atomic mass is 10.2. The number of hydrogen-bond donors (Lipinski definition) is 1. The number of nitrogens with one attached hydrogen (secondary N) is 1. The summed E-state index contributed by atoms with van der Waals surface area (Å²) in [6.07, 6.45) is 4.95. The summed E-state index contributed by atoms with van der Waals surface area (Å²) < 4.78 is 2.17. The Morgan fingerprint density at radius 2 is 2.07 bits per heavy atom. The van der Waals surface area contributed by atoms with Crippen molar-refractivity contribution in [2.45, 2.75) is 31.3 Å². The van der Waals surface area contributed by atoms with Crippen molar-refractivity contribution >= 4 is 34.4 Å². The molecule has 0 unspecified atom stereocenters. The van der Waals surface area contributed by atoms with Crippen LogP contribution in [-0.2, 0) is 12.3 Å². The fraction of sp³-hybridized carbons (Fsp3) is 0.190. The standard InChI is InChI=1S/C21H20N6OS/c1-3-27-18-7-6-16(25-20(28)15-5-4-9-22-12-15)11-17(18)26-19(27)13-29-21-23-10-8-14(2)24-21/h4-12H,3,13H2,1-2H3,(H,25,28). The van der Waals surface area contributed by atoms with Crippen LogP contribution in [0.3, 0.4) is 0 Å². The Labute approximate surface area is 172 Å². The van der Waals surface area contributed by atoms with Crippen molar-refractivity contribution in [3.8, 4) is 0 Å². The van der Waals surface area contributed by atoms with Gasteiger partial charge in [-0.15, -0.1) is 0 Å². The second-order valence-electron chi connectivity index (χ2n) is 6.44. The Morgan fingerprint density at radius 3 is 2.83 bits per heavy atom. The molecule has 1 amide bonds. The number of fused-ring (bicyclic) bond motifs is 1. The van der Waals surface area contributed by atoms with E-state index >= 15 is 0 Å². The van der Waals surface area contributed by atoms with E-state index in [1.165, 1.54) is 0 Å². The molecule has 0 atom stereocenters. The summed E-state index contributed by atoms with van der Waals surface area (Å²) in [5, 5.41) is 3.65. The van der Waals surface area contributed by atoms with Gasteiger partial charge in [0, 0.05) is 36.5 Å². The van der Waals surface area contributed by atoms with Gasteiger partial charge in [-0.2, -0.15) is 0 Å². The van der Waals surface area contributed by atoms with Gasteiger partial charge in [-0.3, -0.25) is 9.78 Å². The molecule has 0 saturated carbocycles. The van der Waals surface area contributed by atoms with Crippen LogP contribution in [0.5, 0.6) is 0 Å². The smallest absolute Gasteiger partial charge is 0.257 e. The van der Waals surface area contributed by atoms with E-state index < -0.39 is 0 Å². The predicted octanol–water partition coefficient (Wildman–Crippen LogP) is 4.09. The summed E-state index contributed by atoms with van der Waals surface area (Å²) in [6.45, 7) is 4.85. The molecule has 1 aromatic carbocycles. The average Bonchev–Trinajstić information content (AvgIpc) is 3.09. The maximum absolute atomic E-state index is 12.4. The first kappa shape index (κ1) is 19.1. The Bertz CT molecular complexity index is 1160. The van der Waals surface area contributed by atoms with E-state index in [9.17, 15) is 4.79 Å². The van der Waals surface area contributed by atoms with E-state index in [-0.39, 0.29) is 5.91 Å². The van der Waals surface area contributed by atoms with Crippen LogP contribution in [0.1, 0.15) is 28.8 Å². The molecule has 0 bridgehead atoms. The Morgan fingerprint density at radius 1 is 1.17 bits per heavy atom. The SMILES string of the molecule is CCn1c(CSc2nccc(C)n2)nc2cc(NC(=O)c3cccnc3)ccc21. The summed E-state index contributed by atoms with van der Waals surface area (Å²) in [5.41, 5.74) is 4.04. The molecule has 0 aliphatic carbocycles. The molecule has 3 heterocycles.